The molecular weight excluding hydrogens is 248 g/mol. The topological polar surface area (TPSA) is 26.3 Å². The van der Waals surface area contributed by atoms with Crippen molar-refractivity contribution in [3.8, 4) is 0 Å². The summed E-state index contributed by atoms with van der Waals surface area (Å²) in [4.78, 5) is 11.7. The van der Waals surface area contributed by atoms with E-state index in [-0.39, 0.29) is 5.97 Å². The van der Waals surface area contributed by atoms with Gasteiger partial charge in [0.25, 0.3) is 0 Å². The Balaban J connectivity index is 1.64. The second-order valence-electron chi connectivity index (χ2n) is 4.94. The molecule has 0 spiro atoms. The van der Waals surface area contributed by atoms with E-state index in [0.717, 1.165) is 19.3 Å². The minimum absolute atomic E-state index is 0.235. The molecule has 20 heavy (non-hydrogen) atoms. The van der Waals surface area contributed by atoms with Gasteiger partial charge >= 0.3 is 5.97 Å². The summed E-state index contributed by atoms with van der Waals surface area (Å²) in [5.74, 6) is -0.235. The maximum Gasteiger partial charge on any atom is 0.338 e. The average molecular weight is 268 g/mol. The van der Waals surface area contributed by atoms with Crippen molar-refractivity contribution in [2.75, 3.05) is 6.61 Å². The van der Waals surface area contributed by atoms with Gasteiger partial charge in [0.2, 0.25) is 0 Å². The molecule has 0 radical (unpaired) electrons. The zero-order chi connectivity index (χ0) is 14.2. The summed E-state index contributed by atoms with van der Waals surface area (Å²) in [5.41, 5.74) is 3.24. The van der Waals surface area contributed by atoms with Crippen LogP contribution in [0.25, 0.3) is 0 Å². The molecule has 104 valence electrons. The van der Waals surface area contributed by atoms with Crippen LogP contribution in [0, 0.1) is 6.92 Å². The molecule has 0 amide bonds. The lowest BCUT2D eigenvalue weighted by molar-refractivity contribution is 0.0498. The molecule has 0 saturated heterocycles. The van der Waals surface area contributed by atoms with Gasteiger partial charge in [0.1, 0.15) is 0 Å². The summed E-state index contributed by atoms with van der Waals surface area (Å²) in [7, 11) is 0. The number of esters is 1. The lowest BCUT2D eigenvalue weighted by atomic mass is 10.1. The number of benzene rings is 2. The van der Waals surface area contributed by atoms with E-state index in [1.54, 1.807) is 12.1 Å². The summed E-state index contributed by atoms with van der Waals surface area (Å²) in [6.07, 6.45) is 2.96. The first-order chi connectivity index (χ1) is 9.75. The van der Waals surface area contributed by atoms with E-state index in [2.05, 4.69) is 31.2 Å². The molecule has 0 bridgehead atoms. The molecule has 0 aromatic heterocycles. The Morgan fingerprint density at radius 3 is 2.35 bits per heavy atom. The third-order valence-corrected chi connectivity index (χ3v) is 3.22. The Morgan fingerprint density at radius 2 is 1.65 bits per heavy atom. The van der Waals surface area contributed by atoms with E-state index >= 15 is 0 Å². The predicted octanol–water partition coefficient (Wildman–Crippen LogP) is 4.17. The Morgan fingerprint density at radius 1 is 0.950 bits per heavy atom. The number of rotatable bonds is 6. The number of unbranched alkanes of at least 4 members (excludes halogenated alkanes) is 1. The van der Waals surface area contributed by atoms with Crippen LogP contribution in [0.3, 0.4) is 0 Å². The van der Waals surface area contributed by atoms with Gasteiger partial charge in [0, 0.05) is 0 Å². The summed E-state index contributed by atoms with van der Waals surface area (Å²) in [6.45, 7) is 2.58. The molecule has 0 heterocycles. The smallest absolute Gasteiger partial charge is 0.338 e. The molecule has 0 N–H and O–H groups in total. The molecule has 0 saturated carbocycles. The van der Waals surface area contributed by atoms with Crippen molar-refractivity contribution < 1.29 is 9.53 Å². The second-order valence-corrected chi connectivity index (χ2v) is 4.94. The summed E-state index contributed by atoms with van der Waals surface area (Å²) in [5, 5.41) is 0. The minimum Gasteiger partial charge on any atom is -0.462 e. The zero-order valence-electron chi connectivity index (χ0n) is 11.8. The molecule has 2 rings (SSSR count). The Kier molecular flexibility index (Phi) is 5.36. The molecule has 2 aromatic carbocycles. The second kappa shape index (κ2) is 7.49. The minimum atomic E-state index is -0.235. The standard InChI is InChI=1S/C18H20O2/c1-15-10-12-16(13-11-15)7-5-6-14-20-18(19)17-8-3-2-4-9-17/h2-4,8-13H,5-7,14H2,1H3. The highest BCUT2D eigenvalue weighted by molar-refractivity contribution is 5.89. The van der Waals surface area contributed by atoms with Gasteiger partial charge in [-0.15, -0.1) is 0 Å². The van der Waals surface area contributed by atoms with E-state index in [9.17, 15) is 4.79 Å². The van der Waals surface area contributed by atoms with Crippen molar-refractivity contribution in [1.29, 1.82) is 0 Å². The van der Waals surface area contributed by atoms with Crippen LogP contribution in [0.15, 0.2) is 54.6 Å². The maximum atomic E-state index is 11.7. The maximum absolute atomic E-state index is 11.7. The summed E-state index contributed by atoms with van der Waals surface area (Å²) < 4.78 is 5.25. The molecule has 0 aliphatic carbocycles. The van der Waals surface area contributed by atoms with Gasteiger partial charge in [-0.05, 0) is 43.9 Å². The number of hydrogen-bond donors (Lipinski definition) is 0. The first kappa shape index (κ1) is 14.3. The van der Waals surface area contributed by atoms with Gasteiger partial charge < -0.3 is 4.74 Å². The van der Waals surface area contributed by atoms with Crippen LogP contribution >= 0.6 is 0 Å². The van der Waals surface area contributed by atoms with Crippen molar-refractivity contribution in [3.63, 3.8) is 0 Å². The van der Waals surface area contributed by atoms with Gasteiger partial charge in [-0.1, -0.05) is 48.0 Å². The van der Waals surface area contributed by atoms with Crippen molar-refractivity contribution in [3.05, 3.63) is 71.3 Å². The lowest BCUT2D eigenvalue weighted by Crippen LogP contribution is -2.06. The van der Waals surface area contributed by atoms with Crippen LogP contribution in [-0.2, 0) is 11.2 Å². The van der Waals surface area contributed by atoms with Crippen LogP contribution in [0.1, 0.15) is 34.3 Å². The fraction of sp³-hybridized carbons (Fsp3) is 0.278. The van der Waals surface area contributed by atoms with E-state index in [1.165, 1.54) is 11.1 Å². The largest absolute Gasteiger partial charge is 0.462 e. The molecular formula is C18H20O2. The van der Waals surface area contributed by atoms with E-state index in [0.29, 0.717) is 12.2 Å². The highest BCUT2D eigenvalue weighted by Crippen LogP contribution is 2.08. The quantitative estimate of drug-likeness (QED) is 0.580. The fourth-order valence-electron chi connectivity index (χ4n) is 2.01. The van der Waals surface area contributed by atoms with Gasteiger partial charge in [-0.25, -0.2) is 4.79 Å². The Bertz CT molecular complexity index is 529. The van der Waals surface area contributed by atoms with E-state index < -0.39 is 0 Å². The summed E-state index contributed by atoms with van der Waals surface area (Å²) in [6, 6.07) is 17.7. The molecule has 0 fully saturated rings. The van der Waals surface area contributed by atoms with Crippen LogP contribution in [-0.4, -0.2) is 12.6 Å². The highest BCUT2D eigenvalue weighted by Gasteiger charge is 2.04. The molecule has 0 unspecified atom stereocenters. The molecule has 0 aliphatic rings. The molecule has 0 atom stereocenters. The van der Waals surface area contributed by atoms with Crippen LogP contribution in [0.2, 0.25) is 0 Å². The van der Waals surface area contributed by atoms with Gasteiger partial charge in [-0.2, -0.15) is 0 Å². The third kappa shape index (κ3) is 4.54. The normalized spacial score (nSPS) is 10.2. The first-order valence-electron chi connectivity index (χ1n) is 7.03. The zero-order valence-corrected chi connectivity index (χ0v) is 11.8. The van der Waals surface area contributed by atoms with Crippen molar-refractivity contribution in [2.45, 2.75) is 26.2 Å². The number of carbonyl (C=O) groups excluding carboxylic acids is 1. The van der Waals surface area contributed by atoms with E-state index in [4.69, 9.17) is 4.74 Å². The Hall–Kier alpha value is -2.09. The van der Waals surface area contributed by atoms with Crippen LogP contribution in [0.5, 0.6) is 0 Å². The van der Waals surface area contributed by atoms with Gasteiger partial charge in [0.15, 0.2) is 0 Å². The fourth-order valence-corrected chi connectivity index (χ4v) is 2.01. The number of aryl methyl sites for hydroxylation is 2. The molecule has 2 aromatic rings. The number of carbonyl (C=O) groups is 1. The highest BCUT2D eigenvalue weighted by atomic mass is 16.5. The molecule has 2 nitrogen and oxygen atoms in total. The third-order valence-electron chi connectivity index (χ3n) is 3.22. The predicted molar refractivity (Wildman–Crippen MR) is 80.8 cm³/mol. The molecule has 0 aliphatic heterocycles. The number of ether oxygens (including phenoxy) is 1. The van der Waals surface area contributed by atoms with Crippen LogP contribution < -0.4 is 0 Å². The van der Waals surface area contributed by atoms with Gasteiger partial charge in [-0.3, -0.25) is 0 Å². The Labute approximate surface area is 120 Å². The van der Waals surface area contributed by atoms with Crippen LogP contribution in [0.4, 0.5) is 0 Å². The number of hydrogen-bond acceptors (Lipinski definition) is 2. The molecule has 2 heteroatoms. The monoisotopic (exact) mass is 268 g/mol. The first-order valence-corrected chi connectivity index (χ1v) is 7.03. The van der Waals surface area contributed by atoms with Crippen molar-refractivity contribution in [2.24, 2.45) is 0 Å². The summed E-state index contributed by atoms with van der Waals surface area (Å²) >= 11 is 0. The average Bonchev–Trinajstić information content (AvgIpc) is 2.49. The lowest BCUT2D eigenvalue weighted by Gasteiger charge is -2.05. The van der Waals surface area contributed by atoms with Crippen molar-refractivity contribution in [1.82, 2.24) is 0 Å². The van der Waals surface area contributed by atoms with Crippen molar-refractivity contribution >= 4 is 5.97 Å². The SMILES string of the molecule is Cc1ccc(CCCCOC(=O)c2ccccc2)cc1. The van der Waals surface area contributed by atoms with E-state index in [1.807, 2.05) is 18.2 Å². The van der Waals surface area contributed by atoms with Gasteiger partial charge in [0.05, 0.1) is 12.2 Å².